The molecule has 4 atom stereocenters. The second-order valence-electron chi connectivity index (χ2n) is 5.04. The lowest BCUT2D eigenvalue weighted by molar-refractivity contribution is -0.149. The molecule has 0 aromatic rings. The van der Waals surface area contributed by atoms with Gasteiger partial charge in [0.1, 0.15) is 6.54 Å². The van der Waals surface area contributed by atoms with Crippen LogP contribution in [0.2, 0.25) is 0 Å². The first-order valence-corrected chi connectivity index (χ1v) is 5.66. The summed E-state index contributed by atoms with van der Waals surface area (Å²) in [7, 11) is 0. The van der Waals surface area contributed by atoms with Crippen molar-refractivity contribution in [2.45, 2.75) is 19.3 Å². The van der Waals surface area contributed by atoms with Crippen LogP contribution in [0, 0.1) is 23.7 Å². The van der Waals surface area contributed by atoms with Crippen LogP contribution in [0.4, 0.5) is 0 Å². The molecule has 3 rings (SSSR count). The number of rotatable bonds is 2. The summed E-state index contributed by atoms with van der Waals surface area (Å²) in [4.78, 5) is 35.5. The lowest BCUT2D eigenvalue weighted by Gasteiger charge is -2.19. The first-order chi connectivity index (χ1) is 7.59. The Kier molecular flexibility index (Phi) is 1.87. The van der Waals surface area contributed by atoms with Gasteiger partial charge in [-0.25, -0.2) is 0 Å². The highest BCUT2D eigenvalue weighted by Gasteiger charge is 2.60. The minimum atomic E-state index is -1.12. The summed E-state index contributed by atoms with van der Waals surface area (Å²) < 4.78 is 0. The fourth-order valence-corrected chi connectivity index (χ4v) is 3.76. The molecule has 0 radical (unpaired) electrons. The highest BCUT2D eigenvalue weighted by molar-refractivity contribution is 6.07. The zero-order valence-electron chi connectivity index (χ0n) is 8.76. The van der Waals surface area contributed by atoms with Crippen molar-refractivity contribution < 1.29 is 19.5 Å². The summed E-state index contributed by atoms with van der Waals surface area (Å²) in [6.45, 7) is -0.468. The lowest BCUT2D eigenvalue weighted by Crippen LogP contribution is -2.37. The quantitative estimate of drug-likeness (QED) is 0.674. The van der Waals surface area contributed by atoms with Gasteiger partial charge in [-0.15, -0.1) is 0 Å². The van der Waals surface area contributed by atoms with Crippen molar-refractivity contribution in [2.24, 2.45) is 23.7 Å². The van der Waals surface area contributed by atoms with Gasteiger partial charge in [-0.3, -0.25) is 19.3 Å². The number of fused-ring (bicyclic) bond motifs is 5. The summed E-state index contributed by atoms with van der Waals surface area (Å²) >= 11 is 0. The fraction of sp³-hybridized carbons (Fsp3) is 0.727. The highest BCUT2D eigenvalue weighted by Crippen LogP contribution is 2.55. The summed E-state index contributed by atoms with van der Waals surface area (Å²) in [5, 5.41) is 8.67. The monoisotopic (exact) mass is 223 g/mol. The molecule has 3 aliphatic rings. The molecule has 2 saturated carbocycles. The topological polar surface area (TPSA) is 74.7 Å². The van der Waals surface area contributed by atoms with Gasteiger partial charge in [0.15, 0.2) is 0 Å². The molecule has 5 nitrogen and oxygen atoms in total. The van der Waals surface area contributed by atoms with Crippen molar-refractivity contribution >= 4 is 17.8 Å². The van der Waals surface area contributed by atoms with E-state index in [0.29, 0.717) is 11.8 Å². The predicted octanol–water partition coefficient (Wildman–Crippen LogP) is 0.102. The Balaban J connectivity index is 1.89. The van der Waals surface area contributed by atoms with Crippen LogP contribution in [-0.2, 0) is 14.4 Å². The first-order valence-electron chi connectivity index (χ1n) is 5.66. The number of hydrogen-bond acceptors (Lipinski definition) is 3. The minimum Gasteiger partial charge on any atom is -0.480 e. The van der Waals surface area contributed by atoms with Gasteiger partial charge in [0.05, 0.1) is 11.8 Å². The second kappa shape index (κ2) is 3.06. The molecule has 0 aromatic heterocycles. The number of carboxylic acid groups (broad SMARTS) is 1. The molecule has 0 spiro atoms. The number of hydrogen-bond donors (Lipinski definition) is 1. The Labute approximate surface area is 92.4 Å². The van der Waals surface area contributed by atoms with Crippen molar-refractivity contribution in [1.82, 2.24) is 4.90 Å². The molecule has 1 aliphatic heterocycles. The number of carbonyl (C=O) groups is 3. The van der Waals surface area contributed by atoms with Gasteiger partial charge in [0.2, 0.25) is 11.8 Å². The fourth-order valence-electron chi connectivity index (χ4n) is 3.76. The second-order valence-corrected chi connectivity index (χ2v) is 5.04. The van der Waals surface area contributed by atoms with E-state index in [9.17, 15) is 14.4 Å². The Morgan fingerprint density at radius 2 is 1.69 bits per heavy atom. The standard InChI is InChI=1S/C11H13NO4/c13-7(14)4-12-10(15)8-5-1-2-6(3-5)9(8)11(12)16/h5-6,8-9H,1-4H2,(H,13,14)/t5-,6+,8-,9+. The van der Waals surface area contributed by atoms with Crippen LogP contribution in [0.5, 0.6) is 0 Å². The SMILES string of the molecule is O=C(O)CN1C(=O)[C@@H]2[C@@H]3CC[C@@H](C3)[C@@H]2C1=O. The average molecular weight is 223 g/mol. The third-order valence-corrected chi connectivity index (χ3v) is 4.31. The van der Waals surface area contributed by atoms with Crippen molar-refractivity contribution in [3.05, 3.63) is 0 Å². The zero-order valence-corrected chi connectivity index (χ0v) is 8.76. The van der Waals surface area contributed by atoms with Crippen molar-refractivity contribution in [3.63, 3.8) is 0 Å². The molecule has 2 amide bonds. The highest BCUT2D eigenvalue weighted by atomic mass is 16.4. The Bertz CT molecular complexity index is 363. The van der Waals surface area contributed by atoms with E-state index in [1.807, 2.05) is 0 Å². The molecule has 5 heteroatoms. The smallest absolute Gasteiger partial charge is 0.323 e. The van der Waals surface area contributed by atoms with E-state index in [1.165, 1.54) is 0 Å². The van der Waals surface area contributed by atoms with E-state index in [1.54, 1.807) is 0 Å². The minimum absolute atomic E-state index is 0.203. The third kappa shape index (κ3) is 1.08. The van der Waals surface area contributed by atoms with E-state index in [2.05, 4.69) is 0 Å². The molecule has 0 aromatic carbocycles. The van der Waals surface area contributed by atoms with Crippen LogP contribution in [-0.4, -0.2) is 34.3 Å². The number of likely N-dealkylation sites (tertiary alicyclic amines) is 1. The van der Waals surface area contributed by atoms with Crippen molar-refractivity contribution in [3.8, 4) is 0 Å². The molecule has 86 valence electrons. The van der Waals surface area contributed by atoms with Gasteiger partial charge in [-0.1, -0.05) is 0 Å². The molecule has 2 bridgehead atoms. The van der Waals surface area contributed by atoms with Gasteiger partial charge in [-0.2, -0.15) is 0 Å². The maximum atomic E-state index is 12.0. The number of carbonyl (C=O) groups excluding carboxylic acids is 2. The molecule has 3 fully saturated rings. The van der Waals surface area contributed by atoms with E-state index in [-0.39, 0.29) is 23.7 Å². The number of imide groups is 1. The lowest BCUT2D eigenvalue weighted by atomic mass is 9.81. The summed E-state index contributed by atoms with van der Waals surface area (Å²) in [5.74, 6) is -1.37. The van der Waals surface area contributed by atoms with Gasteiger partial charge < -0.3 is 5.11 Å². The Morgan fingerprint density at radius 1 is 1.19 bits per heavy atom. The van der Waals surface area contributed by atoms with Crippen LogP contribution in [0.3, 0.4) is 0 Å². The number of nitrogens with zero attached hydrogens (tertiary/aromatic N) is 1. The number of carboxylic acids is 1. The van der Waals surface area contributed by atoms with Crippen molar-refractivity contribution in [2.75, 3.05) is 6.54 Å². The summed E-state index contributed by atoms with van der Waals surface area (Å²) in [6.07, 6.45) is 3.02. The maximum Gasteiger partial charge on any atom is 0.323 e. The van der Waals surface area contributed by atoms with Gasteiger partial charge in [0.25, 0.3) is 0 Å². The Morgan fingerprint density at radius 3 is 2.12 bits per heavy atom. The van der Waals surface area contributed by atoms with Crippen LogP contribution in [0.25, 0.3) is 0 Å². The van der Waals surface area contributed by atoms with E-state index >= 15 is 0 Å². The van der Waals surface area contributed by atoms with Crippen LogP contribution >= 0.6 is 0 Å². The molecular formula is C11H13NO4. The van der Waals surface area contributed by atoms with E-state index in [0.717, 1.165) is 24.2 Å². The molecular weight excluding hydrogens is 210 g/mol. The maximum absolute atomic E-state index is 12.0. The van der Waals surface area contributed by atoms with E-state index in [4.69, 9.17) is 5.11 Å². The zero-order chi connectivity index (χ0) is 11.4. The van der Waals surface area contributed by atoms with Gasteiger partial charge in [-0.05, 0) is 31.1 Å². The van der Waals surface area contributed by atoms with Crippen molar-refractivity contribution in [1.29, 1.82) is 0 Å². The van der Waals surface area contributed by atoms with Crippen LogP contribution in [0.1, 0.15) is 19.3 Å². The molecule has 1 saturated heterocycles. The Hall–Kier alpha value is -1.39. The first kappa shape index (κ1) is 9.81. The average Bonchev–Trinajstić information content (AvgIpc) is 2.87. The van der Waals surface area contributed by atoms with Crippen LogP contribution in [0.15, 0.2) is 0 Å². The largest absolute Gasteiger partial charge is 0.480 e. The predicted molar refractivity (Wildman–Crippen MR) is 52.2 cm³/mol. The molecule has 1 heterocycles. The van der Waals surface area contributed by atoms with E-state index < -0.39 is 12.5 Å². The number of aliphatic carboxylic acids is 1. The van der Waals surface area contributed by atoms with Gasteiger partial charge >= 0.3 is 5.97 Å². The molecule has 1 N–H and O–H groups in total. The summed E-state index contributed by atoms with van der Waals surface area (Å²) in [6, 6.07) is 0. The normalized spacial score (nSPS) is 40.6. The summed E-state index contributed by atoms with van der Waals surface area (Å²) in [5.41, 5.74) is 0. The molecule has 0 unspecified atom stereocenters. The van der Waals surface area contributed by atoms with Gasteiger partial charge in [0, 0.05) is 0 Å². The number of amides is 2. The van der Waals surface area contributed by atoms with Crippen LogP contribution < -0.4 is 0 Å². The molecule has 16 heavy (non-hydrogen) atoms. The molecule has 2 aliphatic carbocycles. The third-order valence-electron chi connectivity index (χ3n) is 4.31.